The van der Waals surface area contributed by atoms with E-state index < -0.39 is 19.7 Å². The first-order valence-corrected chi connectivity index (χ1v) is 4.56. The van der Waals surface area contributed by atoms with Crippen LogP contribution in [0.25, 0.3) is 0 Å². The minimum Gasteiger partial charge on any atom is -0.461 e. The summed E-state index contributed by atoms with van der Waals surface area (Å²) in [5.41, 5.74) is 0. The lowest BCUT2D eigenvalue weighted by molar-refractivity contribution is -0.139. The van der Waals surface area contributed by atoms with Crippen LogP contribution >= 0.6 is 7.60 Å². The SMILES string of the molecule is C=CCOC(=O)CP(=O)(O)O. The number of esters is 1. The third kappa shape index (κ3) is 7.25. The number of carbonyl (C=O) groups excluding carboxylic acids is 1. The summed E-state index contributed by atoms with van der Waals surface area (Å²) < 4.78 is 14.5. The summed E-state index contributed by atoms with van der Waals surface area (Å²) in [6.45, 7) is 3.23. The van der Waals surface area contributed by atoms with Crippen molar-refractivity contribution in [2.75, 3.05) is 12.8 Å². The summed E-state index contributed by atoms with van der Waals surface area (Å²) in [4.78, 5) is 27.0. The highest BCUT2D eigenvalue weighted by molar-refractivity contribution is 7.52. The minimum absolute atomic E-state index is 0.0289. The molecule has 0 aliphatic heterocycles. The predicted molar refractivity (Wildman–Crippen MR) is 38.1 cm³/mol. The number of hydrogen-bond donors (Lipinski definition) is 2. The van der Waals surface area contributed by atoms with Crippen LogP contribution in [0.3, 0.4) is 0 Å². The molecule has 0 radical (unpaired) electrons. The Morgan fingerprint density at radius 3 is 2.55 bits per heavy atom. The predicted octanol–water partition coefficient (Wildman–Crippen LogP) is -0.107. The second-order valence-corrected chi connectivity index (χ2v) is 3.44. The first kappa shape index (κ1) is 10.4. The molecule has 2 N–H and O–H groups in total. The molecule has 64 valence electrons. The normalized spacial score (nSPS) is 10.7. The first-order chi connectivity index (χ1) is 4.95. The van der Waals surface area contributed by atoms with E-state index in [1.54, 1.807) is 0 Å². The molecule has 0 atom stereocenters. The van der Waals surface area contributed by atoms with E-state index in [0.717, 1.165) is 0 Å². The lowest BCUT2D eigenvalue weighted by Crippen LogP contribution is -2.09. The molecule has 0 saturated carbocycles. The maximum absolute atomic E-state index is 10.5. The third-order valence-electron chi connectivity index (χ3n) is 0.697. The molecule has 0 saturated heterocycles. The van der Waals surface area contributed by atoms with Gasteiger partial charge in [-0.05, 0) is 0 Å². The van der Waals surface area contributed by atoms with Crippen LogP contribution in [0.4, 0.5) is 0 Å². The van der Waals surface area contributed by atoms with E-state index in [9.17, 15) is 9.36 Å². The lowest BCUT2D eigenvalue weighted by Gasteiger charge is -2.02. The summed E-state index contributed by atoms with van der Waals surface area (Å²) in [5, 5.41) is 0. The Hall–Kier alpha value is -0.640. The van der Waals surface area contributed by atoms with Gasteiger partial charge in [0.2, 0.25) is 0 Å². The summed E-state index contributed by atoms with van der Waals surface area (Å²) in [6, 6.07) is 0. The summed E-state index contributed by atoms with van der Waals surface area (Å²) in [6.07, 6.45) is 0.443. The van der Waals surface area contributed by atoms with Gasteiger partial charge in [0.05, 0.1) is 0 Å². The van der Waals surface area contributed by atoms with Crippen LogP contribution in [0.1, 0.15) is 0 Å². The molecule has 0 fully saturated rings. The van der Waals surface area contributed by atoms with Crippen molar-refractivity contribution in [1.29, 1.82) is 0 Å². The second-order valence-electron chi connectivity index (χ2n) is 1.79. The Morgan fingerprint density at radius 1 is 1.64 bits per heavy atom. The van der Waals surface area contributed by atoms with Gasteiger partial charge in [0.15, 0.2) is 0 Å². The maximum atomic E-state index is 10.5. The average molecular weight is 180 g/mol. The van der Waals surface area contributed by atoms with Crippen molar-refractivity contribution in [3.8, 4) is 0 Å². The van der Waals surface area contributed by atoms with Gasteiger partial charge in [0.1, 0.15) is 12.8 Å². The molecular formula is C5H9O5P. The van der Waals surface area contributed by atoms with Crippen LogP contribution in [0.5, 0.6) is 0 Å². The molecule has 0 unspecified atom stereocenters. The summed E-state index contributed by atoms with van der Waals surface area (Å²) in [5.74, 6) is -0.918. The van der Waals surface area contributed by atoms with E-state index in [4.69, 9.17) is 9.79 Å². The average Bonchev–Trinajstić information content (AvgIpc) is 1.79. The Kier molecular flexibility index (Phi) is 4.03. The molecule has 0 bridgehead atoms. The van der Waals surface area contributed by atoms with Gasteiger partial charge in [-0.3, -0.25) is 9.36 Å². The quantitative estimate of drug-likeness (QED) is 0.358. The van der Waals surface area contributed by atoms with E-state index in [0.29, 0.717) is 0 Å². The van der Waals surface area contributed by atoms with Gasteiger partial charge < -0.3 is 14.5 Å². The summed E-state index contributed by atoms with van der Waals surface area (Å²) in [7, 11) is -4.27. The highest BCUT2D eigenvalue weighted by Crippen LogP contribution is 2.33. The zero-order valence-electron chi connectivity index (χ0n) is 5.77. The van der Waals surface area contributed by atoms with Crippen LogP contribution in [0, 0.1) is 0 Å². The highest BCUT2D eigenvalue weighted by atomic mass is 31.2. The zero-order valence-corrected chi connectivity index (χ0v) is 6.66. The zero-order chi connectivity index (χ0) is 8.91. The van der Waals surface area contributed by atoms with Crippen LogP contribution in [-0.4, -0.2) is 28.5 Å². The molecule has 0 aromatic rings. The molecule has 5 nitrogen and oxygen atoms in total. The number of ether oxygens (including phenoxy) is 1. The van der Waals surface area contributed by atoms with Crippen LogP contribution < -0.4 is 0 Å². The van der Waals surface area contributed by atoms with E-state index in [2.05, 4.69) is 11.3 Å². The Balaban J connectivity index is 3.70. The van der Waals surface area contributed by atoms with Crippen LogP contribution in [0.15, 0.2) is 12.7 Å². The Labute approximate surface area is 63.8 Å². The van der Waals surface area contributed by atoms with E-state index in [1.165, 1.54) is 6.08 Å². The maximum Gasteiger partial charge on any atom is 0.336 e. The van der Waals surface area contributed by atoms with Gasteiger partial charge >= 0.3 is 13.6 Å². The first-order valence-electron chi connectivity index (χ1n) is 2.77. The molecule has 0 aromatic carbocycles. The molecule has 0 amide bonds. The van der Waals surface area contributed by atoms with Crippen LogP contribution in [0.2, 0.25) is 0 Å². The minimum atomic E-state index is -4.27. The van der Waals surface area contributed by atoms with Gasteiger partial charge in [0, 0.05) is 0 Å². The molecule has 0 aliphatic rings. The fraction of sp³-hybridized carbons (Fsp3) is 0.400. The van der Waals surface area contributed by atoms with Gasteiger partial charge in [-0.15, -0.1) is 0 Å². The van der Waals surface area contributed by atoms with E-state index in [-0.39, 0.29) is 6.61 Å². The fourth-order valence-corrected chi connectivity index (χ4v) is 0.793. The largest absolute Gasteiger partial charge is 0.461 e. The molecule has 0 rings (SSSR count). The topological polar surface area (TPSA) is 83.8 Å². The standard InChI is InChI=1S/C5H9O5P/c1-2-3-10-5(6)4-11(7,8)9/h2H,1,3-4H2,(H2,7,8,9). The molecule has 11 heavy (non-hydrogen) atoms. The van der Waals surface area contributed by atoms with Crippen LogP contribution in [-0.2, 0) is 14.1 Å². The number of carbonyl (C=O) groups is 1. The van der Waals surface area contributed by atoms with Crippen molar-refractivity contribution < 1.29 is 23.9 Å². The smallest absolute Gasteiger partial charge is 0.336 e. The van der Waals surface area contributed by atoms with E-state index in [1.807, 2.05) is 0 Å². The van der Waals surface area contributed by atoms with Gasteiger partial charge in [-0.2, -0.15) is 0 Å². The second kappa shape index (κ2) is 4.28. The molecule has 6 heteroatoms. The van der Waals surface area contributed by atoms with Crippen molar-refractivity contribution >= 4 is 13.6 Å². The third-order valence-corrected chi connectivity index (χ3v) is 1.37. The van der Waals surface area contributed by atoms with Crippen molar-refractivity contribution in [3.05, 3.63) is 12.7 Å². The van der Waals surface area contributed by atoms with Gasteiger partial charge in [0.25, 0.3) is 0 Å². The number of rotatable bonds is 4. The van der Waals surface area contributed by atoms with E-state index >= 15 is 0 Å². The fourth-order valence-electron chi connectivity index (χ4n) is 0.366. The highest BCUT2D eigenvalue weighted by Gasteiger charge is 2.19. The Bertz CT molecular complexity index is 193. The molecular weight excluding hydrogens is 171 g/mol. The summed E-state index contributed by atoms with van der Waals surface area (Å²) >= 11 is 0. The van der Waals surface area contributed by atoms with Gasteiger partial charge in [-0.1, -0.05) is 12.7 Å². The number of hydrogen-bond acceptors (Lipinski definition) is 3. The molecule has 0 aliphatic carbocycles. The van der Waals surface area contributed by atoms with Crippen molar-refractivity contribution in [2.24, 2.45) is 0 Å². The van der Waals surface area contributed by atoms with Crippen molar-refractivity contribution in [2.45, 2.75) is 0 Å². The Morgan fingerprint density at radius 2 is 2.18 bits per heavy atom. The monoisotopic (exact) mass is 180 g/mol. The van der Waals surface area contributed by atoms with Crippen molar-refractivity contribution in [1.82, 2.24) is 0 Å². The lowest BCUT2D eigenvalue weighted by atomic mass is 10.7. The van der Waals surface area contributed by atoms with Gasteiger partial charge in [-0.25, -0.2) is 0 Å². The molecule has 0 heterocycles. The molecule has 0 spiro atoms. The molecule has 0 aromatic heterocycles. The van der Waals surface area contributed by atoms with Crippen molar-refractivity contribution in [3.63, 3.8) is 0 Å².